The summed E-state index contributed by atoms with van der Waals surface area (Å²) >= 11 is 0. The molecule has 5 rings (SSSR count). The van der Waals surface area contributed by atoms with Gasteiger partial charge >= 0.3 is 0 Å². The Bertz CT molecular complexity index is 1420. The van der Waals surface area contributed by atoms with Crippen molar-refractivity contribution in [2.75, 3.05) is 40.4 Å². The van der Waals surface area contributed by atoms with Gasteiger partial charge in [-0.1, -0.05) is 0 Å². The number of alkyl halides is 2. The molecule has 1 spiro atoms. The van der Waals surface area contributed by atoms with Crippen LogP contribution in [0.2, 0.25) is 0 Å². The van der Waals surface area contributed by atoms with E-state index in [1.807, 2.05) is 0 Å². The standard InChI is InChI=1S/C28H36F2N4O5S/c1-27(29,30)19-4-6-21(17-19)34-12-2-3-23(26(34)37)31-25(36)22-7-5-20(32-40(38,39)16-15-35)18-24(22)33-13-10-28(8-9-28)11-14-33/h2-3,5,7,12,18-19,21,32,35H,4,6,8-11,13-17H2,1H3,(H,31,36)/t19-,21-/m0/s1. The molecule has 0 bridgehead atoms. The predicted molar refractivity (Wildman–Crippen MR) is 150 cm³/mol. The van der Waals surface area contributed by atoms with E-state index in [9.17, 15) is 26.8 Å². The van der Waals surface area contributed by atoms with Crippen LogP contribution in [0.25, 0.3) is 0 Å². The molecule has 0 unspecified atom stereocenters. The van der Waals surface area contributed by atoms with Crippen LogP contribution >= 0.6 is 0 Å². The number of nitrogens with zero attached hydrogens (tertiary/aromatic N) is 2. The molecule has 0 radical (unpaired) electrons. The van der Waals surface area contributed by atoms with Crippen molar-refractivity contribution in [1.29, 1.82) is 0 Å². The van der Waals surface area contributed by atoms with Crippen LogP contribution in [0, 0.1) is 11.3 Å². The fraction of sp³-hybridized carbons (Fsp3) is 0.571. The van der Waals surface area contributed by atoms with Crippen molar-refractivity contribution in [3.05, 3.63) is 52.4 Å². The van der Waals surface area contributed by atoms with Crippen molar-refractivity contribution in [3.8, 4) is 0 Å². The lowest BCUT2D eigenvalue weighted by atomic mass is 9.93. The highest BCUT2D eigenvalue weighted by Gasteiger charge is 2.45. The molecule has 2 saturated carbocycles. The molecular weight excluding hydrogens is 542 g/mol. The highest BCUT2D eigenvalue weighted by molar-refractivity contribution is 7.92. The number of sulfonamides is 1. The molecule has 2 heterocycles. The highest BCUT2D eigenvalue weighted by Crippen LogP contribution is 2.54. The number of anilines is 3. The van der Waals surface area contributed by atoms with Crippen LogP contribution in [0.15, 0.2) is 41.3 Å². The lowest BCUT2D eigenvalue weighted by Crippen LogP contribution is -2.36. The molecule has 1 aromatic carbocycles. The third-order valence-corrected chi connectivity index (χ3v) is 10.0. The lowest BCUT2D eigenvalue weighted by molar-refractivity contribution is -0.0379. The minimum atomic E-state index is -3.76. The van der Waals surface area contributed by atoms with Gasteiger partial charge in [0.25, 0.3) is 11.5 Å². The van der Waals surface area contributed by atoms with Crippen LogP contribution in [0.4, 0.5) is 25.8 Å². The van der Waals surface area contributed by atoms with Crippen molar-refractivity contribution in [2.24, 2.45) is 11.3 Å². The zero-order valence-electron chi connectivity index (χ0n) is 22.5. The zero-order valence-corrected chi connectivity index (χ0v) is 23.4. The maximum Gasteiger partial charge on any atom is 0.274 e. The van der Waals surface area contributed by atoms with Gasteiger partial charge in [0.2, 0.25) is 15.9 Å². The minimum Gasteiger partial charge on any atom is -0.395 e. The first-order valence-electron chi connectivity index (χ1n) is 13.8. The van der Waals surface area contributed by atoms with E-state index >= 15 is 0 Å². The van der Waals surface area contributed by atoms with Crippen LogP contribution in [-0.4, -0.2) is 55.4 Å². The number of nitrogens with one attached hydrogen (secondary N) is 2. The Balaban J connectivity index is 1.39. The van der Waals surface area contributed by atoms with Gasteiger partial charge in [0.1, 0.15) is 5.69 Å². The fourth-order valence-corrected chi connectivity index (χ4v) is 6.88. The van der Waals surface area contributed by atoms with Crippen molar-refractivity contribution < 1.29 is 27.1 Å². The van der Waals surface area contributed by atoms with E-state index in [2.05, 4.69) is 14.9 Å². The summed E-state index contributed by atoms with van der Waals surface area (Å²) in [6.45, 7) is 1.83. The summed E-state index contributed by atoms with van der Waals surface area (Å²) in [6.07, 6.45) is 6.91. The first-order valence-corrected chi connectivity index (χ1v) is 15.5. The van der Waals surface area contributed by atoms with Crippen LogP contribution in [-0.2, 0) is 10.0 Å². The number of piperidine rings is 1. The molecule has 3 fully saturated rings. The number of carbonyl (C=O) groups is 1. The van der Waals surface area contributed by atoms with E-state index in [1.54, 1.807) is 18.3 Å². The van der Waals surface area contributed by atoms with E-state index in [0.29, 0.717) is 29.5 Å². The normalized spacial score (nSPS) is 22.4. The van der Waals surface area contributed by atoms with E-state index in [0.717, 1.165) is 32.9 Å². The summed E-state index contributed by atoms with van der Waals surface area (Å²) in [5.41, 5.74) is 1.10. The van der Waals surface area contributed by atoms with Gasteiger partial charge in [-0.2, -0.15) is 0 Å². The molecule has 1 saturated heterocycles. The van der Waals surface area contributed by atoms with E-state index < -0.39 is 45.7 Å². The fourth-order valence-electron chi connectivity index (χ4n) is 6.05. The molecule has 12 heteroatoms. The Morgan fingerprint density at radius 3 is 2.50 bits per heavy atom. The number of hydrogen-bond acceptors (Lipinski definition) is 6. The Morgan fingerprint density at radius 1 is 1.15 bits per heavy atom. The number of hydrogen-bond donors (Lipinski definition) is 3. The monoisotopic (exact) mass is 578 g/mol. The lowest BCUT2D eigenvalue weighted by Gasteiger charge is -2.35. The van der Waals surface area contributed by atoms with Gasteiger partial charge in [-0.15, -0.1) is 0 Å². The predicted octanol–water partition coefficient (Wildman–Crippen LogP) is 4.21. The Labute approximate surface area is 232 Å². The van der Waals surface area contributed by atoms with E-state index in [4.69, 9.17) is 5.11 Å². The molecule has 218 valence electrons. The largest absolute Gasteiger partial charge is 0.395 e. The summed E-state index contributed by atoms with van der Waals surface area (Å²) in [4.78, 5) is 28.9. The number of benzene rings is 1. The molecule has 3 aliphatic rings. The number of rotatable bonds is 9. The average molecular weight is 579 g/mol. The molecule has 2 atom stereocenters. The molecule has 3 N–H and O–H groups in total. The van der Waals surface area contributed by atoms with Gasteiger partial charge < -0.3 is 19.9 Å². The summed E-state index contributed by atoms with van der Waals surface area (Å²) < 4.78 is 56.1. The first-order chi connectivity index (χ1) is 18.9. The van der Waals surface area contributed by atoms with Crippen molar-refractivity contribution in [3.63, 3.8) is 0 Å². The Kier molecular flexibility index (Phi) is 7.68. The number of carbonyl (C=O) groups excluding carboxylic acids is 1. The second-order valence-corrected chi connectivity index (χ2v) is 13.4. The molecule has 1 amide bonds. The quantitative estimate of drug-likeness (QED) is 0.410. The van der Waals surface area contributed by atoms with Crippen LogP contribution in [0.5, 0.6) is 0 Å². The Hall–Kier alpha value is -2.99. The van der Waals surface area contributed by atoms with Gasteiger partial charge in [0.05, 0.1) is 29.3 Å². The summed E-state index contributed by atoms with van der Waals surface area (Å²) in [5, 5.41) is 11.8. The number of amides is 1. The molecule has 1 aromatic heterocycles. The number of aliphatic hydroxyl groups excluding tert-OH is 1. The second kappa shape index (κ2) is 10.8. The summed E-state index contributed by atoms with van der Waals surface area (Å²) in [6, 6.07) is 7.36. The van der Waals surface area contributed by atoms with Gasteiger partial charge in [-0.3, -0.25) is 14.3 Å². The van der Waals surface area contributed by atoms with Crippen LogP contribution in [0.3, 0.4) is 0 Å². The minimum absolute atomic E-state index is 0.0495. The SMILES string of the molecule is CC(F)(F)[C@H]1CC[C@H](n2cccc(NC(=O)c3ccc(NS(=O)(=O)CCO)cc3N3CCC4(CC3)CC4)c2=O)C1. The van der Waals surface area contributed by atoms with Gasteiger partial charge in [-0.05, 0) is 87.6 Å². The number of halogens is 2. The molecule has 9 nitrogen and oxygen atoms in total. The molecule has 2 aliphatic carbocycles. The summed E-state index contributed by atoms with van der Waals surface area (Å²) in [5.74, 6) is -4.58. The van der Waals surface area contributed by atoms with Crippen molar-refractivity contribution in [2.45, 2.75) is 63.8 Å². The van der Waals surface area contributed by atoms with Gasteiger partial charge in [-0.25, -0.2) is 17.2 Å². The second-order valence-electron chi connectivity index (χ2n) is 11.6. The zero-order chi connectivity index (χ0) is 28.7. The summed E-state index contributed by atoms with van der Waals surface area (Å²) in [7, 11) is -3.76. The van der Waals surface area contributed by atoms with Gasteiger partial charge in [0.15, 0.2) is 0 Å². The average Bonchev–Trinajstić information content (AvgIpc) is 3.43. The first kappa shape index (κ1) is 28.5. The maximum atomic E-state index is 13.9. The molecule has 2 aromatic rings. The van der Waals surface area contributed by atoms with Crippen molar-refractivity contribution >= 4 is 33.0 Å². The number of pyridine rings is 1. The molecule has 1 aliphatic heterocycles. The van der Waals surface area contributed by atoms with Gasteiger partial charge in [0, 0.05) is 31.2 Å². The van der Waals surface area contributed by atoms with E-state index in [1.165, 1.54) is 35.6 Å². The van der Waals surface area contributed by atoms with Crippen LogP contribution in [0.1, 0.15) is 68.3 Å². The van der Waals surface area contributed by atoms with Crippen molar-refractivity contribution in [1.82, 2.24) is 4.57 Å². The number of aliphatic hydroxyl groups is 1. The smallest absolute Gasteiger partial charge is 0.274 e. The topological polar surface area (TPSA) is 121 Å². The maximum absolute atomic E-state index is 13.9. The molecular formula is C28H36F2N4O5S. The third kappa shape index (κ3) is 6.17. The number of aromatic nitrogens is 1. The third-order valence-electron chi connectivity index (χ3n) is 8.74. The Morgan fingerprint density at radius 2 is 1.88 bits per heavy atom. The molecule has 40 heavy (non-hydrogen) atoms. The van der Waals surface area contributed by atoms with Crippen LogP contribution < -0.4 is 20.5 Å². The van der Waals surface area contributed by atoms with E-state index in [-0.39, 0.29) is 23.8 Å². The highest BCUT2D eigenvalue weighted by atomic mass is 32.2.